The molecule has 0 aliphatic carbocycles. The number of Topliss-reactive ketones (excluding diaryl/α,β-unsaturated/α-hetero) is 1. The highest BCUT2D eigenvalue weighted by Crippen LogP contribution is 2.37. The van der Waals surface area contributed by atoms with E-state index in [1.54, 1.807) is 24.3 Å². The van der Waals surface area contributed by atoms with E-state index in [0.29, 0.717) is 17.9 Å². The Morgan fingerprint density at radius 3 is 2.65 bits per heavy atom. The van der Waals surface area contributed by atoms with Crippen molar-refractivity contribution in [3.63, 3.8) is 0 Å². The van der Waals surface area contributed by atoms with Crippen molar-refractivity contribution >= 4 is 33.6 Å². The molecule has 0 saturated carbocycles. The zero-order valence-corrected chi connectivity index (χ0v) is 18.3. The average Bonchev–Trinajstić information content (AvgIpc) is 3.26. The van der Waals surface area contributed by atoms with Crippen LogP contribution in [-0.4, -0.2) is 45.7 Å². The van der Waals surface area contributed by atoms with Crippen molar-refractivity contribution in [1.82, 2.24) is 20.2 Å². The van der Waals surface area contributed by atoms with Gasteiger partial charge in [0.15, 0.2) is 5.78 Å². The number of carbonyl (C=O) groups excluding carboxylic acids is 2. The molecule has 0 unspecified atom stereocenters. The number of nitrogens with one attached hydrogen (secondary N) is 1. The van der Waals surface area contributed by atoms with Crippen molar-refractivity contribution in [2.24, 2.45) is 0 Å². The number of ketones is 1. The lowest BCUT2D eigenvalue weighted by atomic mass is 9.89. The number of anilines is 1. The van der Waals surface area contributed by atoms with Gasteiger partial charge in [-0.3, -0.25) is 4.79 Å². The van der Waals surface area contributed by atoms with E-state index in [4.69, 9.17) is 9.47 Å². The van der Waals surface area contributed by atoms with Crippen LogP contribution in [0.3, 0.4) is 0 Å². The number of carbonyl (C=O) groups is 2. The van der Waals surface area contributed by atoms with Crippen LogP contribution in [0.4, 0.5) is 5.95 Å². The van der Waals surface area contributed by atoms with Gasteiger partial charge in [0.2, 0.25) is 5.95 Å². The van der Waals surface area contributed by atoms with E-state index in [1.807, 2.05) is 31.2 Å². The number of ether oxygens (including phenoxy) is 2. The summed E-state index contributed by atoms with van der Waals surface area (Å²) in [7, 11) is 1.25. The number of nitrogens with zero attached hydrogens (tertiary/aromatic N) is 4. The summed E-state index contributed by atoms with van der Waals surface area (Å²) in [5, 5.41) is 14.5. The number of methoxy groups -OCH3 is 1. The van der Waals surface area contributed by atoms with Gasteiger partial charge in [0.05, 0.1) is 19.3 Å². The maximum atomic E-state index is 13.7. The minimum atomic E-state index is -0.739. The summed E-state index contributed by atoms with van der Waals surface area (Å²) < 4.78 is 12.7. The maximum absolute atomic E-state index is 13.7. The van der Waals surface area contributed by atoms with Crippen LogP contribution in [-0.2, 0) is 9.53 Å². The van der Waals surface area contributed by atoms with E-state index in [1.165, 1.54) is 11.8 Å². The monoisotopic (exact) mass is 483 g/mol. The Morgan fingerprint density at radius 1 is 1.19 bits per heavy atom. The average molecular weight is 484 g/mol. The van der Waals surface area contributed by atoms with Gasteiger partial charge in [-0.05, 0) is 59.3 Å². The SMILES string of the molecule is CCOc1ccc(C(=O)C2=C(C(=O)OC)Nc3nnnn3[C@H]2c2cccc(Br)c2)cc1. The number of benzene rings is 2. The van der Waals surface area contributed by atoms with Crippen molar-refractivity contribution in [2.75, 3.05) is 19.0 Å². The summed E-state index contributed by atoms with van der Waals surface area (Å²) in [5.41, 5.74) is 1.28. The number of allylic oxidation sites excluding steroid dienone is 1. The molecule has 2 aromatic carbocycles. The van der Waals surface area contributed by atoms with E-state index in [0.717, 1.165) is 10.0 Å². The van der Waals surface area contributed by atoms with Crippen molar-refractivity contribution in [3.05, 3.63) is 75.4 Å². The zero-order valence-electron chi connectivity index (χ0n) is 16.7. The molecule has 0 saturated heterocycles. The van der Waals surface area contributed by atoms with Crippen LogP contribution >= 0.6 is 15.9 Å². The molecule has 0 amide bonds. The van der Waals surface area contributed by atoms with Crippen LogP contribution in [0.15, 0.2) is 64.3 Å². The molecule has 0 spiro atoms. The number of esters is 1. The Bertz CT molecular complexity index is 1170. The van der Waals surface area contributed by atoms with Crippen molar-refractivity contribution in [1.29, 1.82) is 0 Å². The van der Waals surface area contributed by atoms with E-state index in [-0.39, 0.29) is 23.0 Å². The standard InChI is InChI=1S/C21H18BrN5O4/c1-3-31-15-9-7-12(8-10-15)19(28)16-17(20(29)30-2)23-21-24-25-26-27(21)18(16)13-5-4-6-14(22)11-13/h4-11,18H,3H2,1-2H3,(H,23,24,26)/t18-/m0/s1. The van der Waals surface area contributed by atoms with Gasteiger partial charge in [0.1, 0.15) is 17.5 Å². The number of fused-ring (bicyclic) bond motifs is 1. The molecule has 1 aromatic heterocycles. The molecule has 2 heterocycles. The van der Waals surface area contributed by atoms with Crippen LogP contribution in [0.2, 0.25) is 0 Å². The number of rotatable bonds is 6. The molecule has 1 aliphatic heterocycles. The number of aromatic nitrogens is 4. The molecule has 31 heavy (non-hydrogen) atoms. The summed E-state index contributed by atoms with van der Waals surface area (Å²) in [6, 6.07) is 13.4. The summed E-state index contributed by atoms with van der Waals surface area (Å²) in [4.78, 5) is 26.3. The fourth-order valence-corrected chi connectivity index (χ4v) is 3.81. The zero-order chi connectivity index (χ0) is 22.0. The predicted octanol–water partition coefficient (Wildman–Crippen LogP) is 3.16. The van der Waals surface area contributed by atoms with Crippen LogP contribution in [0.25, 0.3) is 0 Å². The van der Waals surface area contributed by atoms with Crippen molar-refractivity contribution < 1.29 is 19.1 Å². The van der Waals surface area contributed by atoms with Gasteiger partial charge in [-0.2, -0.15) is 4.68 Å². The first-order valence-corrected chi connectivity index (χ1v) is 10.2. The lowest BCUT2D eigenvalue weighted by molar-refractivity contribution is -0.136. The highest BCUT2D eigenvalue weighted by molar-refractivity contribution is 9.10. The van der Waals surface area contributed by atoms with Gasteiger partial charge >= 0.3 is 5.97 Å². The van der Waals surface area contributed by atoms with Gasteiger partial charge in [0, 0.05) is 10.0 Å². The Labute approximate surface area is 186 Å². The normalized spacial score (nSPS) is 15.1. The van der Waals surface area contributed by atoms with Gasteiger partial charge < -0.3 is 14.8 Å². The molecule has 1 aliphatic rings. The van der Waals surface area contributed by atoms with Crippen LogP contribution in [0.5, 0.6) is 5.75 Å². The van der Waals surface area contributed by atoms with Crippen LogP contribution in [0.1, 0.15) is 28.9 Å². The lowest BCUT2D eigenvalue weighted by Crippen LogP contribution is -2.32. The van der Waals surface area contributed by atoms with Gasteiger partial charge in [-0.1, -0.05) is 33.2 Å². The molecule has 1 N–H and O–H groups in total. The third-order valence-corrected chi connectivity index (χ3v) is 5.24. The number of tetrazole rings is 1. The summed E-state index contributed by atoms with van der Waals surface area (Å²) in [6.07, 6.45) is 0. The van der Waals surface area contributed by atoms with E-state index >= 15 is 0 Å². The van der Waals surface area contributed by atoms with Crippen LogP contribution < -0.4 is 10.1 Å². The van der Waals surface area contributed by atoms with E-state index in [2.05, 4.69) is 36.8 Å². The maximum Gasteiger partial charge on any atom is 0.355 e. The van der Waals surface area contributed by atoms with Gasteiger partial charge in [-0.15, -0.1) is 0 Å². The predicted molar refractivity (Wildman–Crippen MR) is 115 cm³/mol. The first-order chi connectivity index (χ1) is 15.0. The van der Waals surface area contributed by atoms with E-state index in [9.17, 15) is 9.59 Å². The Balaban J connectivity index is 1.89. The Morgan fingerprint density at radius 2 is 1.97 bits per heavy atom. The third-order valence-electron chi connectivity index (χ3n) is 4.74. The second-order valence-electron chi connectivity index (χ2n) is 6.60. The first-order valence-electron chi connectivity index (χ1n) is 9.44. The molecule has 0 radical (unpaired) electrons. The minimum Gasteiger partial charge on any atom is -0.494 e. The van der Waals surface area contributed by atoms with E-state index < -0.39 is 12.0 Å². The molecule has 0 bridgehead atoms. The highest BCUT2D eigenvalue weighted by Gasteiger charge is 2.38. The molecule has 0 fully saturated rings. The Hall–Kier alpha value is -3.53. The minimum absolute atomic E-state index is 0.00587. The number of halogens is 1. The first kappa shape index (κ1) is 20.7. The smallest absolute Gasteiger partial charge is 0.355 e. The topological polar surface area (TPSA) is 108 Å². The van der Waals surface area contributed by atoms with Crippen LogP contribution in [0, 0.1) is 0 Å². The highest BCUT2D eigenvalue weighted by atomic mass is 79.9. The molecular formula is C21H18BrN5O4. The molecular weight excluding hydrogens is 466 g/mol. The van der Waals surface area contributed by atoms with Gasteiger partial charge in [-0.25, -0.2) is 4.79 Å². The van der Waals surface area contributed by atoms with Crippen molar-refractivity contribution in [3.8, 4) is 5.75 Å². The largest absolute Gasteiger partial charge is 0.494 e. The fraction of sp³-hybridized carbons (Fsp3) is 0.190. The summed E-state index contributed by atoms with van der Waals surface area (Å²) >= 11 is 3.46. The molecule has 4 rings (SSSR count). The second kappa shape index (κ2) is 8.68. The fourth-order valence-electron chi connectivity index (χ4n) is 3.40. The molecule has 1 atom stereocenters. The molecule has 3 aromatic rings. The molecule has 9 nitrogen and oxygen atoms in total. The Kier molecular flexibility index (Phi) is 5.81. The third kappa shape index (κ3) is 3.93. The van der Waals surface area contributed by atoms with Gasteiger partial charge in [0.25, 0.3) is 0 Å². The number of hydrogen-bond donors (Lipinski definition) is 1. The summed E-state index contributed by atoms with van der Waals surface area (Å²) in [5.74, 6) is -0.173. The molecule has 10 heteroatoms. The quantitative estimate of drug-likeness (QED) is 0.420. The lowest BCUT2D eigenvalue weighted by Gasteiger charge is -2.28. The molecule has 158 valence electrons. The number of hydrogen-bond acceptors (Lipinski definition) is 8. The summed E-state index contributed by atoms with van der Waals surface area (Å²) in [6.45, 7) is 2.40. The second-order valence-corrected chi connectivity index (χ2v) is 7.51. The van der Waals surface area contributed by atoms with Crippen molar-refractivity contribution in [2.45, 2.75) is 13.0 Å².